The van der Waals surface area contributed by atoms with E-state index >= 15 is 0 Å². The first-order valence-electron chi connectivity index (χ1n) is 7.20. The lowest BCUT2D eigenvalue weighted by Gasteiger charge is -2.34. The monoisotopic (exact) mass is 298 g/mol. The Labute approximate surface area is 123 Å². The Kier molecular flexibility index (Phi) is 5.03. The van der Waals surface area contributed by atoms with Crippen LogP contribution in [0.15, 0.2) is 18.2 Å². The molecule has 2 rings (SSSR count). The highest BCUT2D eigenvalue weighted by molar-refractivity contribution is 6.31. The second-order valence-corrected chi connectivity index (χ2v) is 6.09. The summed E-state index contributed by atoms with van der Waals surface area (Å²) in [6.07, 6.45) is 4.56. The number of carboxylic acids is 1. The van der Waals surface area contributed by atoms with Crippen molar-refractivity contribution in [3.63, 3.8) is 0 Å². The van der Waals surface area contributed by atoms with Crippen molar-refractivity contribution in [2.24, 2.45) is 11.8 Å². The summed E-state index contributed by atoms with van der Waals surface area (Å²) < 4.78 is 13.5. The number of aliphatic carboxylic acids is 1. The SMILES string of the molecule is CCCC1CCC(C(=O)O)C(c2cc(F)ccc2Cl)C1. The van der Waals surface area contributed by atoms with Gasteiger partial charge in [-0.15, -0.1) is 0 Å². The average Bonchev–Trinajstić information content (AvgIpc) is 2.41. The summed E-state index contributed by atoms with van der Waals surface area (Å²) in [4.78, 5) is 11.5. The van der Waals surface area contributed by atoms with Crippen LogP contribution in [0.5, 0.6) is 0 Å². The molecule has 1 aliphatic rings. The van der Waals surface area contributed by atoms with Crippen molar-refractivity contribution in [3.8, 4) is 0 Å². The number of benzene rings is 1. The van der Waals surface area contributed by atoms with E-state index < -0.39 is 11.9 Å². The summed E-state index contributed by atoms with van der Waals surface area (Å²) in [7, 11) is 0. The van der Waals surface area contributed by atoms with Gasteiger partial charge < -0.3 is 5.11 Å². The van der Waals surface area contributed by atoms with Crippen LogP contribution in [0.1, 0.15) is 50.5 Å². The molecule has 20 heavy (non-hydrogen) atoms. The minimum Gasteiger partial charge on any atom is -0.481 e. The van der Waals surface area contributed by atoms with E-state index in [9.17, 15) is 14.3 Å². The lowest BCUT2D eigenvalue weighted by atomic mass is 9.70. The molecule has 0 amide bonds. The topological polar surface area (TPSA) is 37.3 Å². The molecule has 3 unspecified atom stereocenters. The van der Waals surface area contributed by atoms with E-state index in [2.05, 4.69) is 6.92 Å². The molecule has 0 radical (unpaired) electrons. The summed E-state index contributed by atoms with van der Waals surface area (Å²) in [5.74, 6) is -1.28. The van der Waals surface area contributed by atoms with Crippen molar-refractivity contribution in [1.29, 1.82) is 0 Å². The third kappa shape index (κ3) is 3.32. The standard InChI is InChI=1S/C16H20ClFO2/c1-2-3-10-4-6-12(16(19)20)13(8-10)14-9-11(18)5-7-15(14)17/h5,7,9-10,12-13H,2-4,6,8H2,1H3,(H,19,20). The fraction of sp³-hybridized carbons (Fsp3) is 0.562. The van der Waals surface area contributed by atoms with E-state index in [-0.39, 0.29) is 11.7 Å². The highest BCUT2D eigenvalue weighted by Crippen LogP contribution is 2.44. The molecule has 1 aromatic rings. The van der Waals surface area contributed by atoms with Crippen LogP contribution >= 0.6 is 11.6 Å². The summed E-state index contributed by atoms with van der Waals surface area (Å²) >= 11 is 6.16. The van der Waals surface area contributed by atoms with Gasteiger partial charge in [-0.05, 0) is 54.9 Å². The van der Waals surface area contributed by atoms with Crippen LogP contribution in [0.4, 0.5) is 4.39 Å². The fourth-order valence-corrected chi connectivity index (χ4v) is 3.62. The molecule has 0 aliphatic heterocycles. The van der Waals surface area contributed by atoms with Crippen LogP contribution in [0.2, 0.25) is 5.02 Å². The molecule has 110 valence electrons. The Bertz CT molecular complexity index is 489. The number of carboxylic acid groups (broad SMARTS) is 1. The van der Waals surface area contributed by atoms with E-state index in [0.29, 0.717) is 22.9 Å². The maximum absolute atomic E-state index is 13.5. The molecule has 1 fully saturated rings. The normalized spacial score (nSPS) is 26.4. The minimum absolute atomic E-state index is 0.180. The summed E-state index contributed by atoms with van der Waals surface area (Å²) in [6, 6.07) is 4.24. The van der Waals surface area contributed by atoms with Gasteiger partial charge in [-0.3, -0.25) is 4.79 Å². The molecule has 4 heteroatoms. The Morgan fingerprint density at radius 3 is 2.85 bits per heavy atom. The van der Waals surface area contributed by atoms with Gasteiger partial charge in [-0.1, -0.05) is 31.4 Å². The molecule has 1 saturated carbocycles. The third-order valence-electron chi connectivity index (χ3n) is 4.33. The van der Waals surface area contributed by atoms with Gasteiger partial charge in [0.15, 0.2) is 0 Å². The van der Waals surface area contributed by atoms with Gasteiger partial charge in [-0.2, -0.15) is 0 Å². The molecule has 2 nitrogen and oxygen atoms in total. The molecule has 1 aromatic carbocycles. The Hall–Kier alpha value is -1.09. The number of halogens is 2. The van der Waals surface area contributed by atoms with Gasteiger partial charge in [0.1, 0.15) is 5.82 Å². The van der Waals surface area contributed by atoms with E-state index in [1.54, 1.807) is 0 Å². The molecular weight excluding hydrogens is 279 g/mol. The predicted molar refractivity (Wildman–Crippen MR) is 77.5 cm³/mol. The van der Waals surface area contributed by atoms with E-state index in [4.69, 9.17) is 11.6 Å². The van der Waals surface area contributed by atoms with Crippen molar-refractivity contribution < 1.29 is 14.3 Å². The molecule has 1 aliphatic carbocycles. The van der Waals surface area contributed by atoms with Crippen molar-refractivity contribution in [3.05, 3.63) is 34.6 Å². The zero-order valence-electron chi connectivity index (χ0n) is 11.6. The largest absolute Gasteiger partial charge is 0.481 e. The second kappa shape index (κ2) is 6.57. The highest BCUT2D eigenvalue weighted by Gasteiger charge is 2.36. The van der Waals surface area contributed by atoms with Gasteiger partial charge in [0.2, 0.25) is 0 Å². The Balaban J connectivity index is 2.31. The average molecular weight is 299 g/mol. The quantitative estimate of drug-likeness (QED) is 0.861. The summed E-state index contributed by atoms with van der Waals surface area (Å²) in [5.41, 5.74) is 0.653. The van der Waals surface area contributed by atoms with E-state index in [1.807, 2.05) is 0 Å². The van der Waals surface area contributed by atoms with Gasteiger partial charge >= 0.3 is 5.97 Å². The van der Waals surface area contributed by atoms with E-state index in [1.165, 1.54) is 18.2 Å². The number of carbonyl (C=O) groups is 1. The summed E-state index contributed by atoms with van der Waals surface area (Å²) in [6.45, 7) is 2.13. The van der Waals surface area contributed by atoms with Crippen LogP contribution in [-0.2, 0) is 4.79 Å². The van der Waals surface area contributed by atoms with Crippen molar-refractivity contribution in [1.82, 2.24) is 0 Å². The lowest BCUT2D eigenvalue weighted by molar-refractivity contribution is -0.143. The number of hydrogen-bond donors (Lipinski definition) is 1. The molecule has 0 heterocycles. The maximum atomic E-state index is 13.5. The Morgan fingerprint density at radius 1 is 1.45 bits per heavy atom. The molecule has 0 bridgehead atoms. The lowest BCUT2D eigenvalue weighted by Crippen LogP contribution is -2.29. The first-order valence-corrected chi connectivity index (χ1v) is 7.58. The predicted octanol–water partition coefficient (Wildman–Crippen LogP) is 4.86. The molecule has 3 atom stereocenters. The van der Waals surface area contributed by atoms with E-state index in [0.717, 1.165) is 25.7 Å². The molecule has 1 N–H and O–H groups in total. The zero-order valence-corrected chi connectivity index (χ0v) is 12.4. The first kappa shape index (κ1) is 15.3. The van der Waals surface area contributed by atoms with Gasteiger partial charge in [0.25, 0.3) is 0 Å². The van der Waals surface area contributed by atoms with Crippen LogP contribution in [0.3, 0.4) is 0 Å². The van der Waals surface area contributed by atoms with Crippen molar-refractivity contribution >= 4 is 17.6 Å². The van der Waals surface area contributed by atoms with Crippen LogP contribution in [0.25, 0.3) is 0 Å². The number of hydrogen-bond acceptors (Lipinski definition) is 1. The highest BCUT2D eigenvalue weighted by atomic mass is 35.5. The smallest absolute Gasteiger partial charge is 0.307 e. The van der Waals surface area contributed by atoms with Crippen LogP contribution in [0, 0.1) is 17.7 Å². The Morgan fingerprint density at radius 2 is 2.20 bits per heavy atom. The van der Waals surface area contributed by atoms with Crippen molar-refractivity contribution in [2.45, 2.75) is 44.9 Å². The summed E-state index contributed by atoms with van der Waals surface area (Å²) in [5, 5.41) is 9.88. The van der Waals surface area contributed by atoms with Crippen LogP contribution < -0.4 is 0 Å². The second-order valence-electron chi connectivity index (χ2n) is 5.68. The maximum Gasteiger partial charge on any atom is 0.307 e. The third-order valence-corrected chi connectivity index (χ3v) is 4.67. The molecule has 0 aromatic heterocycles. The van der Waals surface area contributed by atoms with Gasteiger partial charge in [-0.25, -0.2) is 4.39 Å². The van der Waals surface area contributed by atoms with Crippen molar-refractivity contribution in [2.75, 3.05) is 0 Å². The van der Waals surface area contributed by atoms with Gasteiger partial charge in [0, 0.05) is 5.02 Å². The first-order chi connectivity index (χ1) is 9.52. The zero-order chi connectivity index (χ0) is 14.7. The molecular formula is C16H20ClFO2. The minimum atomic E-state index is -0.801. The molecule has 0 saturated heterocycles. The fourth-order valence-electron chi connectivity index (χ4n) is 3.37. The number of rotatable bonds is 4. The van der Waals surface area contributed by atoms with Gasteiger partial charge in [0.05, 0.1) is 5.92 Å². The molecule has 0 spiro atoms. The van der Waals surface area contributed by atoms with Crippen LogP contribution in [-0.4, -0.2) is 11.1 Å².